The minimum atomic E-state index is 0.183. The summed E-state index contributed by atoms with van der Waals surface area (Å²) >= 11 is 0. The lowest BCUT2D eigenvalue weighted by Gasteiger charge is -2.21. The van der Waals surface area contributed by atoms with Crippen LogP contribution in [-0.4, -0.2) is 18.5 Å². The highest BCUT2D eigenvalue weighted by Crippen LogP contribution is 2.23. The number of benzene rings is 1. The number of carbonyl (C=O) groups excluding carboxylic acids is 1. The molecule has 0 radical (unpaired) electrons. The molecular weight excluding hydrogens is 236 g/mol. The molecule has 0 aromatic heterocycles. The minimum absolute atomic E-state index is 0.183. The van der Waals surface area contributed by atoms with E-state index in [-0.39, 0.29) is 5.91 Å². The summed E-state index contributed by atoms with van der Waals surface area (Å²) in [6, 6.07) is 5.08. The van der Waals surface area contributed by atoms with Gasteiger partial charge < -0.3 is 10.6 Å². The van der Waals surface area contributed by atoms with Gasteiger partial charge in [0, 0.05) is 25.0 Å². The lowest BCUT2D eigenvalue weighted by Crippen LogP contribution is -2.37. The third kappa shape index (κ3) is 3.35. The van der Waals surface area contributed by atoms with Gasteiger partial charge >= 0.3 is 0 Å². The molecule has 2 unspecified atom stereocenters. The molecule has 1 aromatic carbocycles. The van der Waals surface area contributed by atoms with Crippen molar-refractivity contribution in [3.8, 4) is 0 Å². The van der Waals surface area contributed by atoms with Crippen LogP contribution in [0.1, 0.15) is 48.1 Å². The van der Waals surface area contributed by atoms with Crippen molar-refractivity contribution in [2.24, 2.45) is 0 Å². The minimum Gasteiger partial charge on any atom is -0.352 e. The number of rotatable bonds is 4. The lowest BCUT2D eigenvalue weighted by atomic mass is 9.95. The van der Waals surface area contributed by atoms with Crippen LogP contribution in [0.2, 0.25) is 0 Å². The van der Waals surface area contributed by atoms with Gasteiger partial charge in [0.05, 0.1) is 0 Å². The Morgan fingerprint density at radius 2 is 1.95 bits per heavy atom. The van der Waals surface area contributed by atoms with Crippen molar-refractivity contribution in [2.75, 3.05) is 6.54 Å². The van der Waals surface area contributed by atoms with E-state index < -0.39 is 0 Å². The number of carbonyl (C=O) groups is 1. The Labute approximate surface area is 115 Å². The first kappa shape index (κ1) is 14.1. The Balaban J connectivity index is 2.00. The Morgan fingerprint density at radius 3 is 2.47 bits per heavy atom. The first-order valence-corrected chi connectivity index (χ1v) is 7.08. The van der Waals surface area contributed by atoms with E-state index in [0.29, 0.717) is 18.5 Å². The first-order chi connectivity index (χ1) is 8.97. The molecule has 1 aliphatic rings. The third-order valence-corrected chi connectivity index (χ3v) is 3.93. The number of hydrogen-bond donors (Lipinski definition) is 2. The van der Waals surface area contributed by atoms with Crippen molar-refractivity contribution in [3.05, 3.63) is 34.4 Å². The van der Waals surface area contributed by atoms with Gasteiger partial charge in [-0.2, -0.15) is 0 Å². The van der Waals surface area contributed by atoms with Gasteiger partial charge in [0.2, 0.25) is 5.91 Å². The van der Waals surface area contributed by atoms with E-state index in [9.17, 15) is 4.79 Å². The zero-order chi connectivity index (χ0) is 14.0. The summed E-state index contributed by atoms with van der Waals surface area (Å²) in [7, 11) is 0. The molecule has 1 heterocycles. The lowest BCUT2D eigenvalue weighted by molar-refractivity contribution is -0.119. The van der Waals surface area contributed by atoms with E-state index in [1.807, 2.05) is 0 Å². The Hall–Kier alpha value is -1.35. The SMILES string of the molecule is Cc1cc(C)c(C(C)NCC2CCC(=O)N2)c(C)c1. The van der Waals surface area contributed by atoms with Crippen LogP contribution in [0, 0.1) is 20.8 Å². The van der Waals surface area contributed by atoms with Crippen LogP contribution in [0.5, 0.6) is 0 Å². The van der Waals surface area contributed by atoms with E-state index in [4.69, 9.17) is 0 Å². The summed E-state index contributed by atoms with van der Waals surface area (Å²) in [6.45, 7) is 9.52. The molecule has 1 saturated heterocycles. The fourth-order valence-corrected chi connectivity index (χ4v) is 3.13. The van der Waals surface area contributed by atoms with Gasteiger partial charge in [-0.3, -0.25) is 4.79 Å². The van der Waals surface area contributed by atoms with Crippen LogP contribution in [0.25, 0.3) is 0 Å². The average molecular weight is 260 g/mol. The summed E-state index contributed by atoms with van der Waals surface area (Å²) in [5.74, 6) is 0.183. The second-order valence-electron chi connectivity index (χ2n) is 5.75. The van der Waals surface area contributed by atoms with E-state index >= 15 is 0 Å². The van der Waals surface area contributed by atoms with E-state index in [1.165, 1.54) is 22.3 Å². The molecule has 2 atom stereocenters. The summed E-state index contributed by atoms with van der Waals surface area (Å²) in [5, 5.41) is 6.55. The Morgan fingerprint density at radius 1 is 1.32 bits per heavy atom. The zero-order valence-electron chi connectivity index (χ0n) is 12.3. The molecule has 1 fully saturated rings. The van der Waals surface area contributed by atoms with Gasteiger partial charge in [0.15, 0.2) is 0 Å². The standard InChI is InChI=1S/C16H24N2O/c1-10-7-11(2)16(12(3)8-10)13(4)17-9-14-5-6-15(19)18-14/h7-8,13-14,17H,5-6,9H2,1-4H3,(H,18,19). The molecule has 3 heteroatoms. The molecule has 104 valence electrons. The topological polar surface area (TPSA) is 41.1 Å². The smallest absolute Gasteiger partial charge is 0.220 e. The second kappa shape index (κ2) is 5.74. The molecule has 1 aromatic rings. The van der Waals surface area contributed by atoms with Gasteiger partial charge in [-0.15, -0.1) is 0 Å². The first-order valence-electron chi connectivity index (χ1n) is 7.08. The van der Waals surface area contributed by atoms with E-state index in [0.717, 1.165) is 13.0 Å². The van der Waals surface area contributed by atoms with Gasteiger partial charge in [-0.1, -0.05) is 17.7 Å². The highest BCUT2D eigenvalue weighted by Gasteiger charge is 2.21. The molecule has 1 aliphatic heterocycles. The number of hydrogen-bond acceptors (Lipinski definition) is 2. The highest BCUT2D eigenvalue weighted by molar-refractivity contribution is 5.78. The molecular formula is C16H24N2O. The molecule has 0 aliphatic carbocycles. The molecule has 0 bridgehead atoms. The van der Waals surface area contributed by atoms with Crippen molar-refractivity contribution in [3.63, 3.8) is 0 Å². The predicted molar refractivity (Wildman–Crippen MR) is 78.2 cm³/mol. The maximum Gasteiger partial charge on any atom is 0.220 e. The molecule has 2 rings (SSSR count). The van der Waals surface area contributed by atoms with Crippen molar-refractivity contribution >= 4 is 5.91 Å². The van der Waals surface area contributed by atoms with Crippen molar-refractivity contribution < 1.29 is 4.79 Å². The van der Waals surface area contributed by atoms with Crippen LogP contribution in [0.3, 0.4) is 0 Å². The van der Waals surface area contributed by atoms with Gasteiger partial charge in [-0.25, -0.2) is 0 Å². The zero-order valence-corrected chi connectivity index (χ0v) is 12.3. The van der Waals surface area contributed by atoms with E-state index in [2.05, 4.69) is 50.5 Å². The number of aryl methyl sites for hydroxylation is 3. The summed E-state index contributed by atoms with van der Waals surface area (Å²) in [5.41, 5.74) is 5.38. The average Bonchev–Trinajstić information content (AvgIpc) is 2.71. The summed E-state index contributed by atoms with van der Waals surface area (Å²) in [4.78, 5) is 11.2. The second-order valence-corrected chi connectivity index (χ2v) is 5.75. The fraction of sp³-hybridized carbons (Fsp3) is 0.562. The Bertz CT molecular complexity index is 459. The maximum absolute atomic E-state index is 11.2. The monoisotopic (exact) mass is 260 g/mol. The summed E-state index contributed by atoms with van der Waals surface area (Å²) in [6.07, 6.45) is 1.62. The van der Waals surface area contributed by atoms with Crippen molar-refractivity contribution in [1.82, 2.24) is 10.6 Å². The highest BCUT2D eigenvalue weighted by atomic mass is 16.1. The molecule has 2 N–H and O–H groups in total. The van der Waals surface area contributed by atoms with Crippen molar-refractivity contribution in [1.29, 1.82) is 0 Å². The molecule has 0 spiro atoms. The number of amides is 1. The fourth-order valence-electron chi connectivity index (χ4n) is 3.13. The molecule has 0 saturated carbocycles. The Kier molecular flexibility index (Phi) is 4.25. The van der Waals surface area contributed by atoms with Crippen LogP contribution in [0.15, 0.2) is 12.1 Å². The van der Waals surface area contributed by atoms with Crippen LogP contribution in [-0.2, 0) is 4.79 Å². The number of nitrogens with one attached hydrogen (secondary N) is 2. The van der Waals surface area contributed by atoms with Crippen LogP contribution in [0.4, 0.5) is 0 Å². The van der Waals surface area contributed by atoms with Crippen LogP contribution >= 0.6 is 0 Å². The maximum atomic E-state index is 11.2. The van der Waals surface area contributed by atoms with Gasteiger partial charge in [0.1, 0.15) is 0 Å². The van der Waals surface area contributed by atoms with Crippen LogP contribution < -0.4 is 10.6 Å². The molecule has 1 amide bonds. The van der Waals surface area contributed by atoms with E-state index in [1.54, 1.807) is 0 Å². The van der Waals surface area contributed by atoms with Crippen molar-refractivity contribution in [2.45, 2.75) is 52.6 Å². The largest absolute Gasteiger partial charge is 0.352 e. The predicted octanol–water partition coefficient (Wildman–Crippen LogP) is 2.54. The van der Waals surface area contributed by atoms with Gasteiger partial charge in [0.25, 0.3) is 0 Å². The quantitative estimate of drug-likeness (QED) is 0.873. The summed E-state index contributed by atoms with van der Waals surface area (Å²) < 4.78 is 0. The normalized spacial score (nSPS) is 20.4. The van der Waals surface area contributed by atoms with Gasteiger partial charge in [-0.05, 0) is 50.8 Å². The molecule has 3 nitrogen and oxygen atoms in total. The molecule has 19 heavy (non-hydrogen) atoms. The third-order valence-electron chi connectivity index (χ3n) is 3.93.